The van der Waals surface area contributed by atoms with E-state index in [4.69, 9.17) is 5.21 Å². The Morgan fingerprint density at radius 2 is 1.78 bits per heavy atom. The fourth-order valence-electron chi connectivity index (χ4n) is 2.48. The van der Waals surface area contributed by atoms with Gasteiger partial charge < -0.3 is 9.67 Å². The van der Waals surface area contributed by atoms with Gasteiger partial charge in [0, 0.05) is 5.56 Å². The summed E-state index contributed by atoms with van der Waals surface area (Å²) in [5.74, 6) is -1.35. The monoisotopic (exact) mass is 311 g/mol. The van der Waals surface area contributed by atoms with Gasteiger partial charge in [-0.2, -0.15) is 0 Å². The van der Waals surface area contributed by atoms with Crippen LogP contribution in [0.15, 0.2) is 48.5 Å². The molecule has 0 saturated heterocycles. The summed E-state index contributed by atoms with van der Waals surface area (Å²) in [4.78, 5) is 27.5. The highest BCUT2D eigenvalue weighted by Gasteiger charge is 2.19. The maximum atomic E-state index is 11.6. The zero-order valence-electron chi connectivity index (χ0n) is 11.9. The van der Waals surface area contributed by atoms with Gasteiger partial charge in [-0.3, -0.25) is 10.0 Å². The number of fused-ring (bicyclic) bond motifs is 1. The van der Waals surface area contributed by atoms with E-state index < -0.39 is 11.9 Å². The molecular weight excluding hydrogens is 298 g/mol. The molecule has 0 atom stereocenters. The maximum absolute atomic E-state index is 11.6. The first kappa shape index (κ1) is 14.7. The lowest BCUT2D eigenvalue weighted by atomic mass is 10.1. The molecule has 1 heterocycles. The van der Waals surface area contributed by atoms with Gasteiger partial charge in [0.05, 0.1) is 16.6 Å². The predicted octanol–water partition coefficient (Wildman–Crippen LogP) is 1.91. The molecule has 23 heavy (non-hydrogen) atoms. The van der Waals surface area contributed by atoms with Crippen LogP contribution in [0.3, 0.4) is 0 Å². The molecule has 0 aliphatic heterocycles. The molecule has 3 N–H and O–H groups in total. The number of carbonyl (C=O) groups excluding carboxylic acids is 1. The van der Waals surface area contributed by atoms with Gasteiger partial charge >= 0.3 is 5.97 Å². The largest absolute Gasteiger partial charge is 0.478 e. The molecule has 3 aromatic rings. The van der Waals surface area contributed by atoms with Crippen LogP contribution in [-0.4, -0.2) is 31.7 Å². The van der Waals surface area contributed by atoms with Crippen molar-refractivity contribution in [3.05, 3.63) is 54.1 Å². The molecule has 1 aromatic heterocycles. The first-order valence-corrected chi connectivity index (χ1v) is 6.82. The fourth-order valence-corrected chi connectivity index (χ4v) is 2.48. The van der Waals surface area contributed by atoms with Crippen molar-refractivity contribution in [2.45, 2.75) is 6.54 Å². The highest BCUT2D eigenvalue weighted by Crippen LogP contribution is 2.27. The molecule has 0 saturated carbocycles. The van der Waals surface area contributed by atoms with Gasteiger partial charge in [0.2, 0.25) is 0 Å². The molecule has 1 amide bonds. The quantitative estimate of drug-likeness (QED) is 0.504. The van der Waals surface area contributed by atoms with Crippen LogP contribution in [0.4, 0.5) is 0 Å². The SMILES string of the molecule is O=C(Cn1c(-c2ccccc2C(=O)O)nc2ccccc21)NO. The maximum Gasteiger partial charge on any atom is 0.336 e. The number of aromatic carboxylic acids is 1. The highest BCUT2D eigenvalue weighted by atomic mass is 16.5. The van der Waals surface area contributed by atoms with Crippen molar-refractivity contribution >= 4 is 22.9 Å². The van der Waals surface area contributed by atoms with E-state index in [1.54, 1.807) is 52.5 Å². The Balaban J connectivity index is 2.27. The number of aromatic nitrogens is 2. The lowest BCUT2D eigenvalue weighted by Gasteiger charge is -2.10. The van der Waals surface area contributed by atoms with E-state index in [0.29, 0.717) is 22.4 Å². The smallest absolute Gasteiger partial charge is 0.336 e. The number of benzene rings is 2. The second-order valence-electron chi connectivity index (χ2n) is 4.90. The first-order valence-electron chi connectivity index (χ1n) is 6.82. The standard InChI is InChI=1S/C16H13N3O4/c20-14(18-23)9-19-13-8-4-3-7-12(13)17-15(19)10-5-1-2-6-11(10)16(21)22/h1-8,23H,9H2,(H,18,20)(H,21,22). The highest BCUT2D eigenvalue weighted by molar-refractivity contribution is 5.96. The van der Waals surface area contributed by atoms with Gasteiger partial charge in [-0.25, -0.2) is 15.3 Å². The number of hydroxylamine groups is 1. The summed E-state index contributed by atoms with van der Waals surface area (Å²) in [6.45, 7) is -0.180. The van der Waals surface area contributed by atoms with Crippen molar-refractivity contribution < 1.29 is 19.9 Å². The molecular formula is C16H13N3O4. The van der Waals surface area contributed by atoms with Gasteiger partial charge in [-0.05, 0) is 18.2 Å². The van der Waals surface area contributed by atoms with Crippen LogP contribution >= 0.6 is 0 Å². The van der Waals surface area contributed by atoms with E-state index in [9.17, 15) is 14.7 Å². The molecule has 0 radical (unpaired) electrons. The molecule has 0 fully saturated rings. The normalized spacial score (nSPS) is 10.7. The fraction of sp³-hybridized carbons (Fsp3) is 0.0625. The van der Waals surface area contributed by atoms with Gasteiger partial charge in [-0.1, -0.05) is 30.3 Å². The van der Waals surface area contributed by atoms with Crippen LogP contribution in [0, 0.1) is 0 Å². The first-order chi connectivity index (χ1) is 11.1. The summed E-state index contributed by atoms with van der Waals surface area (Å²) in [5, 5.41) is 18.1. The van der Waals surface area contributed by atoms with E-state index in [0.717, 1.165) is 0 Å². The topological polar surface area (TPSA) is 104 Å². The van der Waals surface area contributed by atoms with Crippen LogP contribution in [0.25, 0.3) is 22.4 Å². The molecule has 7 nitrogen and oxygen atoms in total. The van der Waals surface area contributed by atoms with Crippen molar-refractivity contribution in [3.63, 3.8) is 0 Å². The van der Waals surface area contributed by atoms with Gasteiger partial charge in [0.25, 0.3) is 5.91 Å². The molecule has 116 valence electrons. The number of rotatable bonds is 4. The lowest BCUT2D eigenvalue weighted by Crippen LogP contribution is -2.24. The van der Waals surface area contributed by atoms with Crippen LogP contribution in [0.2, 0.25) is 0 Å². The molecule has 0 bridgehead atoms. The number of para-hydroxylation sites is 2. The Labute approximate surface area is 130 Å². The Kier molecular flexibility index (Phi) is 3.78. The second-order valence-corrected chi connectivity index (χ2v) is 4.90. The van der Waals surface area contributed by atoms with E-state index in [1.165, 1.54) is 6.07 Å². The number of nitrogens with one attached hydrogen (secondary N) is 1. The van der Waals surface area contributed by atoms with Crippen LogP contribution in [0.1, 0.15) is 10.4 Å². The number of carboxylic acids is 1. The molecule has 0 spiro atoms. The van der Waals surface area contributed by atoms with Gasteiger partial charge in [0.1, 0.15) is 12.4 Å². The number of carbonyl (C=O) groups is 2. The summed E-state index contributed by atoms with van der Waals surface area (Å²) in [6, 6.07) is 13.6. The third-order valence-electron chi connectivity index (χ3n) is 3.48. The molecule has 2 aromatic carbocycles. The van der Waals surface area contributed by atoms with E-state index in [2.05, 4.69) is 4.98 Å². The summed E-state index contributed by atoms with van der Waals surface area (Å²) >= 11 is 0. The number of nitrogens with zero attached hydrogens (tertiary/aromatic N) is 2. The van der Waals surface area contributed by atoms with Crippen molar-refractivity contribution in [1.82, 2.24) is 15.0 Å². The zero-order valence-corrected chi connectivity index (χ0v) is 11.9. The number of amides is 1. The van der Waals surface area contributed by atoms with Crippen molar-refractivity contribution in [2.75, 3.05) is 0 Å². The number of imidazole rings is 1. The van der Waals surface area contributed by atoms with Gasteiger partial charge in [-0.15, -0.1) is 0 Å². The molecule has 3 rings (SSSR count). The van der Waals surface area contributed by atoms with E-state index >= 15 is 0 Å². The van der Waals surface area contributed by atoms with Crippen LogP contribution < -0.4 is 5.48 Å². The zero-order chi connectivity index (χ0) is 16.4. The third-order valence-corrected chi connectivity index (χ3v) is 3.48. The van der Waals surface area contributed by atoms with E-state index in [-0.39, 0.29) is 12.1 Å². The molecule has 0 aliphatic carbocycles. The minimum Gasteiger partial charge on any atom is -0.478 e. The Hall–Kier alpha value is -3.19. The Morgan fingerprint density at radius 3 is 2.52 bits per heavy atom. The van der Waals surface area contributed by atoms with Crippen LogP contribution in [0.5, 0.6) is 0 Å². The summed E-state index contributed by atoms with van der Waals surface area (Å²) in [6.07, 6.45) is 0. The minimum absolute atomic E-state index is 0.0912. The van der Waals surface area contributed by atoms with Crippen molar-refractivity contribution in [2.24, 2.45) is 0 Å². The predicted molar refractivity (Wildman–Crippen MR) is 82.1 cm³/mol. The molecule has 7 heteroatoms. The van der Waals surface area contributed by atoms with Crippen molar-refractivity contribution in [1.29, 1.82) is 0 Å². The summed E-state index contributed by atoms with van der Waals surface area (Å²) < 4.78 is 1.57. The van der Waals surface area contributed by atoms with E-state index in [1.807, 2.05) is 0 Å². The Bertz CT molecular complexity index is 901. The third kappa shape index (κ3) is 2.65. The lowest BCUT2D eigenvalue weighted by molar-refractivity contribution is -0.129. The number of carboxylic acid groups (broad SMARTS) is 1. The number of hydrogen-bond donors (Lipinski definition) is 3. The molecule has 0 unspecified atom stereocenters. The minimum atomic E-state index is -1.08. The summed E-state index contributed by atoms with van der Waals surface area (Å²) in [7, 11) is 0. The van der Waals surface area contributed by atoms with Gasteiger partial charge in [0.15, 0.2) is 0 Å². The summed E-state index contributed by atoms with van der Waals surface area (Å²) in [5.41, 5.74) is 3.38. The van der Waals surface area contributed by atoms with Crippen LogP contribution in [-0.2, 0) is 11.3 Å². The molecule has 0 aliphatic rings. The number of hydrogen-bond acceptors (Lipinski definition) is 4. The van der Waals surface area contributed by atoms with Crippen molar-refractivity contribution in [3.8, 4) is 11.4 Å². The average Bonchev–Trinajstić information content (AvgIpc) is 2.93. The second kappa shape index (κ2) is 5.90. The average molecular weight is 311 g/mol. The Morgan fingerprint density at radius 1 is 1.09 bits per heavy atom.